The summed E-state index contributed by atoms with van der Waals surface area (Å²) in [5.41, 5.74) is 0.955. The summed E-state index contributed by atoms with van der Waals surface area (Å²) < 4.78 is 0. The third-order valence-electron chi connectivity index (χ3n) is 3.74. The molecular formula is C15H21ClN2O2. The number of aliphatic hydroxyl groups excluding tert-OH is 1. The van der Waals surface area contributed by atoms with Crippen molar-refractivity contribution in [2.45, 2.75) is 50.8 Å². The van der Waals surface area contributed by atoms with Gasteiger partial charge in [-0.2, -0.15) is 0 Å². The Bertz CT molecular complexity index is 467. The van der Waals surface area contributed by atoms with E-state index in [0.717, 1.165) is 31.2 Å². The van der Waals surface area contributed by atoms with E-state index >= 15 is 0 Å². The van der Waals surface area contributed by atoms with Crippen LogP contribution in [0.5, 0.6) is 0 Å². The van der Waals surface area contributed by atoms with Crippen molar-refractivity contribution in [3.05, 3.63) is 34.9 Å². The molecule has 1 aliphatic carbocycles. The smallest absolute Gasteiger partial charge is 0.315 e. The lowest BCUT2D eigenvalue weighted by molar-refractivity contribution is 0.0941. The molecule has 2 rings (SSSR count). The van der Waals surface area contributed by atoms with Crippen LogP contribution in [0.2, 0.25) is 5.02 Å². The largest absolute Gasteiger partial charge is 0.391 e. The van der Waals surface area contributed by atoms with Crippen molar-refractivity contribution in [2.75, 3.05) is 0 Å². The molecule has 0 radical (unpaired) electrons. The normalized spacial score (nSPS) is 23.9. The molecule has 3 atom stereocenters. The molecule has 0 spiro atoms. The lowest BCUT2D eigenvalue weighted by Crippen LogP contribution is -2.49. The number of hydrogen-bond donors (Lipinski definition) is 3. The maximum atomic E-state index is 12.0. The van der Waals surface area contributed by atoms with E-state index in [1.807, 2.05) is 25.1 Å². The highest BCUT2D eigenvalue weighted by molar-refractivity contribution is 6.30. The van der Waals surface area contributed by atoms with Crippen molar-refractivity contribution in [1.29, 1.82) is 0 Å². The fourth-order valence-electron chi connectivity index (χ4n) is 2.55. The molecule has 1 fully saturated rings. The molecule has 0 saturated heterocycles. The first-order valence-electron chi connectivity index (χ1n) is 7.07. The third kappa shape index (κ3) is 4.12. The number of aliphatic hydroxyl groups is 1. The van der Waals surface area contributed by atoms with Gasteiger partial charge in [0.1, 0.15) is 0 Å². The summed E-state index contributed by atoms with van der Waals surface area (Å²) >= 11 is 5.94. The second-order valence-corrected chi connectivity index (χ2v) is 5.79. The summed E-state index contributed by atoms with van der Waals surface area (Å²) in [4.78, 5) is 12.0. The lowest BCUT2D eigenvalue weighted by atomic mass is 9.93. The van der Waals surface area contributed by atoms with Crippen molar-refractivity contribution in [2.24, 2.45) is 0 Å². The van der Waals surface area contributed by atoms with Crippen LogP contribution >= 0.6 is 11.6 Å². The highest BCUT2D eigenvalue weighted by Crippen LogP contribution is 2.19. The van der Waals surface area contributed by atoms with Crippen LogP contribution in [-0.4, -0.2) is 23.3 Å². The summed E-state index contributed by atoms with van der Waals surface area (Å²) in [5.74, 6) is 0. The summed E-state index contributed by atoms with van der Waals surface area (Å²) in [6.45, 7) is 1.91. The molecule has 3 unspecified atom stereocenters. The van der Waals surface area contributed by atoms with Crippen LogP contribution in [0.3, 0.4) is 0 Å². The lowest BCUT2D eigenvalue weighted by Gasteiger charge is -2.29. The Morgan fingerprint density at radius 3 is 2.85 bits per heavy atom. The van der Waals surface area contributed by atoms with E-state index in [2.05, 4.69) is 10.6 Å². The zero-order chi connectivity index (χ0) is 14.5. The molecular weight excluding hydrogens is 276 g/mol. The van der Waals surface area contributed by atoms with Crippen molar-refractivity contribution in [3.8, 4) is 0 Å². The average molecular weight is 297 g/mol. The molecule has 3 N–H and O–H groups in total. The number of nitrogens with one attached hydrogen (secondary N) is 2. The van der Waals surface area contributed by atoms with E-state index in [-0.39, 0.29) is 18.1 Å². The standard InChI is InChI=1S/C15H21ClN2O2/c1-10(11-5-4-6-12(16)9-11)17-15(20)18-13-7-2-3-8-14(13)19/h4-6,9-10,13-14,19H,2-3,7-8H2,1H3,(H2,17,18,20). The molecule has 2 amide bonds. The van der Waals surface area contributed by atoms with Gasteiger partial charge in [0, 0.05) is 5.02 Å². The molecule has 0 aromatic heterocycles. The second-order valence-electron chi connectivity index (χ2n) is 5.35. The van der Waals surface area contributed by atoms with Crippen LogP contribution in [-0.2, 0) is 0 Å². The van der Waals surface area contributed by atoms with E-state index in [9.17, 15) is 9.90 Å². The zero-order valence-electron chi connectivity index (χ0n) is 11.6. The monoisotopic (exact) mass is 296 g/mol. The van der Waals surface area contributed by atoms with Crippen molar-refractivity contribution in [3.63, 3.8) is 0 Å². The third-order valence-corrected chi connectivity index (χ3v) is 3.98. The Morgan fingerprint density at radius 2 is 2.15 bits per heavy atom. The predicted molar refractivity (Wildman–Crippen MR) is 79.8 cm³/mol. The Hall–Kier alpha value is -1.26. The molecule has 1 aromatic carbocycles. The van der Waals surface area contributed by atoms with Crippen LogP contribution < -0.4 is 10.6 Å². The van der Waals surface area contributed by atoms with Crippen LogP contribution in [0.15, 0.2) is 24.3 Å². The Kier molecular flexibility index (Phi) is 5.26. The van der Waals surface area contributed by atoms with Crippen LogP contribution in [0.4, 0.5) is 4.79 Å². The highest BCUT2D eigenvalue weighted by Gasteiger charge is 2.24. The van der Waals surface area contributed by atoms with Gasteiger partial charge in [0.15, 0.2) is 0 Å². The topological polar surface area (TPSA) is 61.4 Å². The minimum atomic E-state index is -0.434. The first-order valence-corrected chi connectivity index (χ1v) is 7.44. The zero-order valence-corrected chi connectivity index (χ0v) is 12.4. The molecule has 0 bridgehead atoms. The number of benzene rings is 1. The van der Waals surface area contributed by atoms with Crippen LogP contribution in [0.25, 0.3) is 0 Å². The molecule has 0 heterocycles. The highest BCUT2D eigenvalue weighted by atomic mass is 35.5. The fourth-order valence-corrected chi connectivity index (χ4v) is 2.74. The van der Waals surface area contributed by atoms with Crippen LogP contribution in [0, 0.1) is 0 Å². The first kappa shape index (κ1) is 15.1. The SMILES string of the molecule is CC(NC(=O)NC1CCCCC1O)c1cccc(Cl)c1. The van der Waals surface area contributed by atoms with Crippen molar-refractivity contribution in [1.82, 2.24) is 10.6 Å². The fraction of sp³-hybridized carbons (Fsp3) is 0.533. The molecule has 110 valence electrons. The van der Waals surface area contributed by atoms with Gasteiger partial charge in [-0.3, -0.25) is 0 Å². The van der Waals surface area contributed by atoms with E-state index in [1.165, 1.54) is 0 Å². The molecule has 0 aliphatic heterocycles. The van der Waals surface area contributed by atoms with Gasteiger partial charge in [-0.25, -0.2) is 4.79 Å². The van der Waals surface area contributed by atoms with Gasteiger partial charge in [0.05, 0.1) is 18.2 Å². The molecule has 5 heteroatoms. The Labute approximate surface area is 124 Å². The van der Waals surface area contributed by atoms with Gasteiger partial charge in [-0.05, 0) is 37.5 Å². The van der Waals surface area contributed by atoms with Crippen molar-refractivity contribution >= 4 is 17.6 Å². The summed E-state index contributed by atoms with van der Waals surface area (Å²) in [6, 6.07) is 6.90. The quantitative estimate of drug-likeness (QED) is 0.803. The number of carbonyl (C=O) groups is 1. The Morgan fingerprint density at radius 1 is 1.40 bits per heavy atom. The predicted octanol–water partition coefficient (Wildman–Crippen LogP) is 3.00. The number of hydrogen-bond acceptors (Lipinski definition) is 2. The minimum Gasteiger partial charge on any atom is -0.391 e. The molecule has 4 nitrogen and oxygen atoms in total. The minimum absolute atomic E-state index is 0.130. The van der Waals surface area contributed by atoms with E-state index in [0.29, 0.717) is 5.02 Å². The maximum absolute atomic E-state index is 12.0. The van der Waals surface area contributed by atoms with Crippen LogP contribution in [0.1, 0.15) is 44.2 Å². The van der Waals surface area contributed by atoms with E-state index < -0.39 is 6.10 Å². The van der Waals surface area contributed by atoms with Gasteiger partial charge >= 0.3 is 6.03 Å². The Balaban J connectivity index is 1.87. The van der Waals surface area contributed by atoms with Gasteiger partial charge in [0.25, 0.3) is 0 Å². The van der Waals surface area contributed by atoms with Crippen molar-refractivity contribution < 1.29 is 9.90 Å². The first-order chi connectivity index (χ1) is 9.56. The number of amides is 2. The summed E-state index contributed by atoms with van der Waals surface area (Å²) in [7, 11) is 0. The summed E-state index contributed by atoms with van der Waals surface area (Å²) in [6.07, 6.45) is 3.23. The second kappa shape index (κ2) is 6.95. The number of halogens is 1. The molecule has 20 heavy (non-hydrogen) atoms. The number of carbonyl (C=O) groups excluding carboxylic acids is 1. The van der Waals surface area contributed by atoms with E-state index in [4.69, 9.17) is 11.6 Å². The number of rotatable bonds is 3. The van der Waals surface area contributed by atoms with Gasteiger partial charge in [-0.15, -0.1) is 0 Å². The molecule has 1 saturated carbocycles. The van der Waals surface area contributed by atoms with Gasteiger partial charge in [0.2, 0.25) is 0 Å². The van der Waals surface area contributed by atoms with E-state index in [1.54, 1.807) is 6.07 Å². The molecule has 1 aliphatic rings. The summed E-state index contributed by atoms with van der Waals surface area (Å²) in [5, 5.41) is 16.2. The van der Waals surface area contributed by atoms with Gasteiger partial charge in [-0.1, -0.05) is 36.6 Å². The average Bonchev–Trinajstić information content (AvgIpc) is 2.41. The maximum Gasteiger partial charge on any atom is 0.315 e. The van der Waals surface area contributed by atoms with Gasteiger partial charge < -0.3 is 15.7 Å². The molecule has 1 aromatic rings. The number of urea groups is 1.